The molecule has 0 aliphatic heterocycles. The van der Waals surface area contributed by atoms with Crippen LogP contribution in [0.2, 0.25) is 5.02 Å². The summed E-state index contributed by atoms with van der Waals surface area (Å²) in [4.78, 5) is 15.6. The minimum absolute atomic E-state index is 0.156. The van der Waals surface area contributed by atoms with Crippen LogP contribution in [-0.4, -0.2) is 26.5 Å². The fraction of sp³-hybridized carbons (Fsp3) is 0.263. The van der Waals surface area contributed by atoms with Gasteiger partial charge in [0.25, 0.3) is 0 Å². The Morgan fingerprint density at radius 3 is 2.31 bits per heavy atom. The summed E-state index contributed by atoms with van der Waals surface area (Å²) < 4.78 is 42.9. The molecule has 0 radical (unpaired) electrons. The fourth-order valence-corrected chi connectivity index (χ4v) is 2.64. The maximum atomic E-state index is 12.5. The fourth-order valence-electron chi connectivity index (χ4n) is 2.49. The average Bonchev–Trinajstić information content (AvgIpc) is 2.66. The molecule has 2 heterocycles. The summed E-state index contributed by atoms with van der Waals surface area (Å²) in [6.07, 6.45) is -2.41. The molecule has 2 aromatic heterocycles. The van der Waals surface area contributed by atoms with E-state index in [1.165, 1.54) is 0 Å². The van der Waals surface area contributed by atoms with Gasteiger partial charge in [0, 0.05) is 18.9 Å². The summed E-state index contributed by atoms with van der Waals surface area (Å²) in [6, 6.07) is 6.93. The molecule has 0 aliphatic carbocycles. The smallest absolute Gasteiger partial charge is 0.419 e. The molecule has 1 aromatic carbocycles. The lowest BCUT2D eigenvalue weighted by Gasteiger charge is -2.10. The van der Waals surface area contributed by atoms with E-state index in [-0.39, 0.29) is 6.01 Å². The molecule has 3 rings (SSSR count). The number of halogens is 4. The van der Waals surface area contributed by atoms with Crippen molar-refractivity contribution in [1.29, 1.82) is 0 Å². The first-order valence-corrected chi connectivity index (χ1v) is 9.01. The first kappa shape index (κ1) is 20.8. The molecule has 1 N–H and O–H groups in total. The van der Waals surface area contributed by atoms with Crippen molar-refractivity contribution in [3.8, 4) is 11.8 Å². The Bertz CT molecular complexity index is 979. The van der Waals surface area contributed by atoms with Crippen LogP contribution in [0.15, 0.2) is 36.7 Å². The summed E-state index contributed by atoms with van der Waals surface area (Å²) in [5.74, 6) is 1.66. The van der Waals surface area contributed by atoms with E-state index in [2.05, 4.69) is 25.3 Å². The van der Waals surface area contributed by atoms with Gasteiger partial charge in [-0.2, -0.15) is 13.2 Å². The molecule has 3 aromatic rings. The van der Waals surface area contributed by atoms with E-state index in [0.717, 1.165) is 5.56 Å². The van der Waals surface area contributed by atoms with E-state index in [0.29, 0.717) is 53.5 Å². The number of nitrogens with one attached hydrogen (secondary N) is 1. The number of nitrogens with zero attached hydrogens (tertiary/aromatic N) is 4. The van der Waals surface area contributed by atoms with E-state index in [1.54, 1.807) is 19.1 Å². The van der Waals surface area contributed by atoms with Crippen LogP contribution < -0.4 is 10.1 Å². The zero-order valence-electron chi connectivity index (χ0n) is 15.6. The minimum Gasteiger partial charge on any atom is -0.424 e. The lowest BCUT2D eigenvalue weighted by Crippen LogP contribution is -2.09. The normalized spacial score (nSPS) is 11.4. The lowest BCUT2D eigenvalue weighted by atomic mass is 10.1. The van der Waals surface area contributed by atoms with Crippen molar-refractivity contribution < 1.29 is 17.9 Å². The van der Waals surface area contributed by atoms with Gasteiger partial charge >= 0.3 is 12.2 Å². The molecule has 0 aliphatic rings. The summed E-state index contributed by atoms with van der Waals surface area (Å²) in [7, 11) is 0. The Labute approximate surface area is 170 Å². The van der Waals surface area contributed by atoms with Crippen LogP contribution in [0, 0.1) is 13.8 Å². The number of aromatic nitrogens is 4. The standard InChI is InChI=1S/C19H17ClF3N5O/c1-11-16(20)17(28-12(2)27-11)24-8-7-13-3-5-15(6-4-13)29-18-25-9-14(10-26-18)19(21,22)23/h3-6,9-10H,7-8H2,1-2H3,(H,24,27,28). The minimum atomic E-state index is -4.48. The lowest BCUT2D eigenvalue weighted by molar-refractivity contribution is -0.138. The van der Waals surface area contributed by atoms with Gasteiger partial charge in [-0.1, -0.05) is 23.7 Å². The second-order valence-electron chi connectivity index (χ2n) is 6.19. The van der Waals surface area contributed by atoms with Gasteiger partial charge in [-0.25, -0.2) is 19.9 Å². The Balaban J connectivity index is 1.55. The van der Waals surface area contributed by atoms with E-state index in [4.69, 9.17) is 16.3 Å². The van der Waals surface area contributed by atoms with Crippen molar-refractivity contribution in [3.05, 3.63) is 64.3 Å². The second-order valence-corrected chi connectivity index (χ2v) is 6.57. The third-order valence-corrected chi connectivity index (χ3v) is 4.38. The zero-order valence-corrected chi connectivity index (χ0v) is 16.3. The van der Waals surface area contributed by atoms with Crippen molar-refractivity contribution in [2.75, 3.05) is 11.9 Å². The highest BCUT2D eigenvalue weighted by molar-refractivity contribution is 6.33. The second kappa shape index (κ2) is 8.60. The van der Waals surface area contributed by atoms with Crippen LogP contribution in [0.1, 0.15) is 22.6 Å². The number of hydrogen-bond donors (Lipinski definition) is 1. The van der Waals surface area contributed by atoms with E-state index in [1.807, 2.05) is 19.1 Å². The van der Waals surface area contributed by atoms with Crippen LogP contribution >= 0.6 is 11.6 Å². The van der Waals surface area contributed by atoms with Gasteiger partial charge in [-0.05, 0) is 38.0 Å². The molecular formula is C19H17ClF3N5O. The maximum Gasteiger partial charge on any atom is 0.419 e. The Hall–Kier alpha value is -2.94. The molecule has 0 saturated heterocycles. The van der Waals surface area contributed by atoms with Crippen LogP contribution in [-0.2, 0) is 12.6 Å². The highest BCUT2D eigenvalue weighted by Gasteiger charge is 2.31. The van der Waals surface area contributed by atoms with Crippen LogP contribution in [0.4, 0.5) is 19.0 Å². The quantitative estimate of drug-likeness (QED) is 0.601. The number of aryl methyl sites for hydroxylation is 2. The van der Waals surface area contributed by atoms with Gasteiger partial charge in [0.05, 0.1) is 11.3 Å². The van der Waals surface area contributed by atoms with Gasteiger partial charge in [-0.15, -0.1) is 0 Å². The van der Waals surface area contributed by atoms with Gasteiger partial charge in [0.2, 0.25) is 0 Å². The molecule has 29 heavy (non-hydrogen) atoms. The summed E-state index contributed by atoms with van der Waals surface area (Å²) in [5.41, 5.74) is 0.812. The van der Waals surface area contributed by atoms with E-state index < -0.39 is 11.7 Å². The van der Waals surface area contributed by atoms with Crippen molar-refractivity contribution in [2.45, 2.75) is 26.4 Å². The largest absolute Gasteiger partial charge is 0.424 e. The molecule has 0 atom stereocenters. The first-order chi connectivity index (χ1) is 13.7. The SMILES string of the molecule is Cc1nc(C)c(Cl)c(NCCc2ccc(Oc3ncc(C(F)(F)F)cn3)cc2)n1. The molecule has 0 amide bonds. The number of benzene rings is 1. The average molecular weight is 424 g/mol. The number of anilines is 1. The molecule has 0 saturated carbocycles. The number of ether oxygens (including phenoxy) is 1. The third kappa shape index (κ3) is 5.54. The maximum absolute atomic E-state index is 12.5. The number of alkyl halides is 3. The van der Waals surface area contributed by atoms with Crippen LogP contribution in [0.3, 0.4) is 0 Å². The highest BCUT2D eigenvalue weighted by Crippen LogP contribution is 2.29. The van der Waals surface area contributed by atoms with Crippen LogP contribution in [0.25, 0.3) is 0 Å². The van der Waals surface area contributed by atoms with Gasteiger partial charge in [-0.3, -0.25) is 0 Å². The topological polar surface area (TPSA) is 72.8 Å². The Morgan fingerprint density at radius 2 is 1.69 bits per heavy atom. The summed E-state index contributed by atoms with van der Waals surface area (Å²) in [6.45, 7) is 4.23. The summed E-state index contributed by atoms with van der Waals surface area (Å²) in [5, 5.41) is 3.68. The van der Waals surface area contributed by atoms with E-state index >= 15 is 0 Å². The van der Waals surface area contributed by atoms with Crippen molar-refractivity contribution in [3.63, 3.8) is 0 Å². The van der Waals surface area contributed by atoms with Gasteiger partial charge in [0.1, 0.15) is 22.4 Å². The molecule has 0 spiro atoms. The van der Waals surface area contributed by atoms with Crippen molar-refractivity contribution in [1.82, 2.24) is 19.9 Å². The van der Waals surface area contributed by atoms with E-state index in [9.17, 15) is 13.2 Å². The highest BCUT2D eigenvalue weighted by atomic mass is 35.5. The van der Waals surface area contributed by atoms with Crippen LogP contribution in [0.5, 0.6) is 11.8 Å². The first-order valence-electron chi connectivity index (χ1n) is 8.63. The van der Waals surface area contributed by atoms with Crippen molar-refractivity contribution >= 4 is 17.4 Å². The molecular weight excluding hydrogens is 407 g/mol. The zero-order chi connectivity index (χ0) is 21.0. The molecule has 152 valence electrons. The molecule has 0 unspecified atom stereocenters. The van der Waals surface area contributed by atoms with Crippen molar-refractivity contribution in [2.24, 2.45) is 0 Å². The Morgan fingerprint density at radius 1 is 1.03 bits per heavy atom. The van der Waals surface area contributed by atoms with Gasteiger partial charge < -0.3 is 10.1 Å². The molecule has 0 bridgehead atoms. The summed E-state index contributed by atoms with van der Waals surface area (Å²) >= 11 is 6.20. The molecule has 0 fully saturated rings. The predicted octanol–water partition coefficient (Wildman–Crippen LogP) is 5.00. The monoisotopic (exact) mass is 423 g/mol. The predicted molar refractivity (Wildman–Crippen MR) is 102 cm³/mol. The Kier molecular flexibility index (Phi) is 6.17. The molecule has 10 heteroatoms. The third-order valence-electron chi connectivity index (χ3n) is 3.92. The molecule has 6 nitrogen and oxygen atoms in total. The number of rotatable bonds is 6. The number of hydrogen-bond acceptors (Lipinski definition) is 6. The van der Waals surface area contributed by atoms with Gasteiger partial charge in [0.15, 0.2) is 0 Å².